The lowest BCUT2D eigenvalue weighted by atomic mass is 10.0. The van der Waals surface area contributed by atoms with E-state index in [9.17, 15) is 9.59 Å². The van der Waals surface area contributed by atoms with Crippen LogP contribution in [0.1, 0.15) is 16.9 Å². The van der Waals surface area contributed by atoms with Gasteiger partial charge in [0.1, 0.15) is 17.2 Å². The minimum atomic E-state index is -0.285. The molecule has 3 heterocycles. The van der Waals surface area contributed by atoms with Gasteiger partial charge in [0.15, 0.2) is 0 Å². The summed E-state index contributed by atoms with van der Waals surface area (Å²) in [4.78, 5) is 32.7. The van der Waals surface area contributed by atoms with Crippen LogP contribution in [0, 0.1) is 6.92 Å². The predicted molar refractivity (Wildman–Crippen MR) is 129 cm³/mol. The van der Waals surface area contributed by atoms with E-state index in [4.69, 9.17) is 9.15 Å². The number of methoxy groups -OCH3 is 1. The first-order valence-electron chi connectivity index (χ1n) is 11.4. The van der Waals surface area contributed by atoms with E-state index in [0.717, 1.165) is 22.6 Å². The molecule has 0 aliphatic carbocycles. The van der Waals surface area contributed by atoms with Gasteiger partial charge in [0.05, 0.1) is 31.2 Å². The van der Waals surface area contributed by atoms with Crippen LogP contribution in [0.3, 0.4) is 0 Å². The van der Waals surface area contributed by atoms with Crippen LogP contribution in [0.25, 0.3) is 5.57 Å². The highest BCUT2D eigenvalue weighted by Gasteiger charge is 2.42. The minimum absolute atomic E-state index is 0.116. The first-order chi connectivity index (χ1) is 16.6. The standard InChI is InChI=1S/C27H27N3O4/c1-19-9-11-20(12-10-19)24-25(27(32)30(26(24)31)18-21-6-5-17-34-21)29-15-13-28(14-16-29)22-7-3-4-8-23(22)33-2/h3-12,17H,13-16,18H2,1-2H3. The number of hydrogen-bond donors (Lipinski definition) is 0. The van der Waals surface area contributed by atoms with E-state index in [2.05, 4.69) is 4.90 Å². The third-order valence-electron chi connectivity index (χ3n) is 6.40. The number of anilines is 1. The number of ether oxygens (including phenoxy) is 1. The van der Waals surface area contributed by atoms with Crippen molar-refractivity contribution in [2.45, 2.75) is 13.5 Å². The molecule has 2 aliphatic rings. The number of aryl methyl sites for hydroxylation is 1. The van der Waals surface area contributed by atoms with Crippen molar-refractivity contribution in [1.82, 2.24) is 9.80 Å². The van der Waals surface area contributed by atoms with E-state index in [1.807, 2.05) is 60.4 Å². The minimum Gasteiger partial charge on any atom is -0.495 e. The summed E-state index contributed by atoms with van der Waals surface area (Å²) in [5.41, 5.74) is 3.82. The molecule has 2 aromatic carbocycles. The Balaban J connectivity index is 1.45. The Morgan fingerprint density at radius 2 is 1.56 bits per heavy atom. The van der Waals surface area contributed by atoms with Crippen LogP contribution in [0.15, 0.2) is 77.0 Å². The summed E-state index contributed by atoms with van der Waals surface area (Å²) < 4.78 is 10.9. The molecular formula is C27H27N3O4. The van der Waals surface area contributed by atoms with Gasteiger partial charge in [-0.15, -0.1) is 0 Å². The average Bonchev–Trinajstić information content (AvgIpc) is 3.47. The van der Waals surface area contributed by atoms with Gasteiger partial charge in [-0.2, -0.15) is 0 Å². The molecule has 1 aromatic heterocycles. The lowest BCUT2D eigenvalue weighted by Crippen LogP contribution is -2.47. The van der Waals surface area contributed by atoms with Gasteiger partial charge in [-0.1, -0.05) is 42.0 Å². The van der Waals surface area contributed by atoms with E-state index in [-0.39, 0.29) is 18.4 Å². The zero-order valence-corrected chi connectivity index (χ0v) is 19.4. The molecule has 34 heavy (non-hydrogen) atoms. The molecule has 1 fully saturated rings. The molecule has 3 aromatic rings. The maximum atomic E-state index is 13.6. The van der Waals surface area contributed by atoms with Crippen LogP contribution in [0.5, 0.6) is 5.75 Å². The van der Waals surface area contributed by atoms with Crippen LogP contribution in [0.2, 0.25) is 0 Å². The smallest absolute Gasteiger partial charge is 0.278 e. The molecule has 2 aliphatic heterocycles. The van der Waals surface area contributed by atoms with Crippen molar-refractivity contribution in [2.75, 3.05) is 38.2 Å². The molecule has 7 heteroatoms. The molecule has 174 valence electrons. The molecular weight excluding hydrogens is 430 g/mol. The van der Waals surface area contributed by atoms with Crippen molar-refractivity contribution >= 4 is 23.1 Å². The van der Waals surface area contributed by atoms with Gasteiger partial charge < -0.3 is 19.0 Å². The van der Waals surface area contributed by atoms with Gasteiger partial charge in [0, 0.05) is 26.2 Å². The maximum absolute atomic E-state index is 13.6. The van der Waals surface area contributed by atoms with Gasteiger partial charge in [0.2, 0.25) is 0 Å². The molecule has 0 N–H and O–H groups in total. The predicted octanol–water partition coefficient (Wildman–Crippen LogP) is 3.70. The Morgan fingerprint density at radius 3 is 2.24 bits per heavy atom. The second kappa shape index (κ2) is 9.09. The Labute approximate surface area is 198 Å². The highest BCUT2D eigenvalue weighted by atomic mass is 16.5. The average molecular weight is 458 g/mol. The van der Waals surface area contributed by atoms with Crippen LogP contribution < -0.4 is 9.64 Å². The van der Waals surface area contributed by atoms with Crippen molar-refractivity contribution < 1.29 is 18.7 Å². The largest absolute Gasteiger partial charge is 0.495 e. The highest BCUT2D eigenvalue weighted by Crippen LogP contribution is 2.35. The molecule has 0 atom stereocenters. The van der Waals surface area contributed by atoms with Gasteiger partial charge in [-0.25, -0.2) is 0 Å². The molecule has 0 unspecified atom stereocenters. The van der Waals surface area contributed by atoms with Crippen LogP contribution in [-0.2, 0) is 16.1 Å². The van der Waals surface area contributed by atoms with Crippen LogP contribution in [0.4, 0.5) is 5.69 Å². The van der Waals surface area contributed by atoms with Crippen molar-refractivity contribution in [3.8, 4) is 5.75 Å². The number of benzene rings is 2. The van der Waals surface area contributed by atoms with E-state index < -0.39 is 0 Å². The van der Waals surface area contributed by atoms with Crippen molar-refractivity contribution in [3.63, 3.8) is 0 Å². The fourth-order valence-corrected chi connectivity index (χ4v) is 4.60. The van der Waals surface area contributed by atoms with E-state index in [1.54, 1.807) is 25.5 Å². The lowest BCUT2D eigenvalue weighted by molar-refractivity contribution is -0.138. The molecule has 0 saturated carbocycles. The summed E-state index contributed by atoms with van der Waals surface area (Å²) >= 11 is 0. The molecule has 5 rings (SSSR count). The third-order valence-corrected chi connectivity index (χ3v) is 6.40. The normalized spacial score (nSPS) is 16.6. The Hall–Kier alpha value is -4.00. The first kappa shape index (κ1) is 21.8. The number of nitrogens with zero attached hydrogens (tertiary/aromatic N) is 3. The van der Waals surface area contributed by atoms with Crippen LogP contribution in [-0.4, -0.2) is 54.9 Å². The second-order valence-electron chi connectivity index (χ2n) is 8.51. The second-order valence-corrected chi connectivity index (χ2v) is 8.51. The third kappa shape index (κ3) is 3.94. The molecule has 1 saturated heterocycles. The number of piperazine rings is 1. The van der Waals surface area contributed by atoms with Gasteiger partial charge in [-0.05, 0) is 36.8 Å². The fourth-order valence-electron chi connectivity index (χ4n) is 4.60. The van der Waals surface area contributed by atoms with Crippen molar-refractivity contribution in [2.24, 2.45) is 0 Å². The van der Waals surface area contributed by atoms with E-state index in [1.165, 1.54) is 4.90 Å². The molecule has 7 nitrogen and oxygen atoms in total. The van der Waals surface area contributed by atoms with Crippen LogP contribution >= 0.6 is 0 Å². The quantitative estimate of drug-likeness (QED) is 0.526. The topological polar surface area (TPSA) is 66.2 Å². The van der Waals surface area contributed by atoms with Crippen molar-refractivity contribution in [1.29, 1.82) is 0 Å². The SMILES string of the molecule is COc1ccccc1N1CCN(C2=C(c3ccc(C)cc3)C(=O)N(Cc3ccco3)C2=O)CC1. The summed E-state index contributed by atoms with van der Waals surface area (Å²) in [6.45, 7) is 4.79. The van der Waals surface area contributed by atoms with Gasteiger partial charge in [-0.3, -0.25) is 14.5 Å². The molecule has 0 spiro atoms. The fraction of sp³-hybridized carbons (Fsp3) is 0.259. The number of para-hydroxylation sites is 2. The summed E-state index contributed by atoms with van der Waals surface area (Å²) in [5, 5.41) is 0. The number of carbonyl (C=O) groups is 2. The summed E-state index contributed by atoms with van der Waals surface area (Å²) in [6.07, 6.45) is 1.55. The van der Waals surface area contributed by atoms with E-state index in [0.29, 0.717) is 43.2 Å². The zero-order chi connectivity index (χ0) is 23.7. The summed E-state index contributed by atoms with van der Waals surface area (Å²) in [6, 6.07) is 19.2. The Kier molecular flexibility index (Phi) is 5.84. The molecule has 2 amide bonds. The first-order valence-corrected chi connectivity index (χ1v) is 11.4. The maximum Gasteiger partial charge on any atom is 0.278 e. The van der Waals surface area contributed by atoms with E-state index >= 15 is 0 Å². The monoisotopic (exact) mass is 457 g/mol. The zero-order valence-electron chi connectivity index (χ0n) is 19.4. The number of imide groups is 1. The Bertz CT molecular complexity index is 1220. The van der Waals surface area contributed by atoms with Gasteiger partial charge >= 0.3 is 0 Å². The molecule has 0 radical (unpaired) electrons. The van der Waals surface area contributed by atoms with Gasteiger partial charge in [0.25, 0.3) is 11.8 Å². The number of amides is 2. The lowest BCUT2D eigenvalue weighted by Gasteiger charge is -2.38. The number of furan rings is 1. The highest BCUT2D eigenvalue weighted by molar-refractivity contribution is 6.35. The summed E-state index contributed by atoms with van der Waals surface area (Å²) in [5.74, 6) is 0.842. The molecule has 0 bridgehead atoms. The summed E-state index contributed by atoms with van der Waals surface area (Å²) in [7, 11) is 1.67. The van der Waals surface area contributed by atoms with Crippen molar-refractivity contribution in [3.05, 3.63) is 89.5 Å². The number of carbonyl (C=O) groups excluding carboxylic acids is 2. The number of hydrogen-bond acceptors (Lipinski definition) is 6. The number of rotatable bonds is 6. The Morgan fingerprint density at radius 1 is 0.853 bits per heavy atom.